The van der Waals surface area contributed by atoms with Gasteiger partial charge in [-0.25, -0.2) is 4.98 Å². The van der Waals surface area contributed by atoms with Crippen LogP contribution in [0.2, 0.25) is 0 Å². The maximum absolute atomic E-state index is 8.78. The number of nitrogens with two attached hydrogens (primary N) is 1. The van der Waals surface area contributed by atoms with Crippen LogP contribution in [0.25, 0.3) is 0 Å². The zero-order chi connectivity index (χ0) is 18.2. The van der Waals surface area contributed by atoms with Gasteiger partial charge in [0.2, 0.25) is 11.6 Å². The van der Waals surface area contributed by atoms with Crippen molar-refractivity contribution < 1.29 is 4.42 Å². The van der Waals surface area contributed by atoms with Gasteiger partial charge < -0.3 is 10.2 Å². The van der Waals surface area contributed by atoms with E-state index < -0.39 is 0 Å². The summed E-state index contributed by atoms with van der Waals surface area (Å²) >= 11 is 0. The molecule has 0 unspecified atom stereocenters. The third-order valence-corrected chi connectivity index (χ3v) is 4.80. The van der Waals surface area contributed by atoms with Gasteiger partial charge in [-0.15, -0.1) is 0 Å². The van der Waals surface area contributed by atoms with E-state index in [2.05, 4.69) is 11.9 Å². The molecular formula is C21H37N3O. The average molecular weight is 348 g/mol. The smallest absolute Gasteiger partial charge is 0.229 e. The lowest BCUT2D eigenvalue weighted by atomic mass is 10.0. The third kappa shape index (κ3) is 10.9. The molecule has 0 bridgehead atoms. The first-order chi connectivity index (χ1) is 12.3. The fraction of sp³-hybridized carbons (Fsp3) is 0.810. The molecule has 0 radical (unpaired) electrons. The number of unbranched alkanes of at least 4 members (excludes halogenated alkanes) is 14. The van der Waals surface area contributed by atoms with Gasteiger partial charge in [-0.3, -0.25) is 0 Å². The molecule has 25 heavy (non-hydrogen) atoms. The van der Waals surface area contributed by atoms with Crippen LogP contribution in [-0.4, -0.2) is 4.98 Å². The second kappa shape index (κ2) is 14.8. The molecule has 1 aromatic rings. The lowest BCUT2D eigenvalue weighted by Gasteiger charge is -2.03. The largest absolute Gasteiger partial charge is 0.424 e. The summed E-state index contributed by atoms with van der Waals surface area (Å²) in [5.74, 6) is 0.752. The van der Waals surface area contributed by atoms with Crippen molar-refractivity contribution in [2.24, 2.45) is 0 Å². The van der Waals surface area contributed by atoms with Crippen LogP contribution >= 0.6 is 0 Å². The van der Waals surface area contributed by atoms with Crippen molar-refractivity contribution in [2.45, 2.75) is 110 Å². The first kappa shape index (κ1) is 21.5. The molecule has 2 N–H and O–H groups in total. The van der Waals surface area contributed by atoms with E-state index in [4.69, 9.17) is 15.4 Å². The molecule has 0 aromatic carbocycles. The van der Waals surface area contributed by atoms with Gasteiger partial charge in [0.1, 0.15) is 6.07 Å². The highest BCUT2D eigenvalue weighted by Gasteiger charge is 2.08. The van der Waals surface area contributed by atoms with Crippen molar-refractivity contribution in [1.82, 2.24) is 4.98 Å². The zero-order valence-corrected chi connectivity index (χ0v) is 16.2. The van der Waals surface area contributed by atoms with Crippen molar-refractivity contribution in [3.63, 3.8) is 0 Å². The van der Waals surface area contributed by atoms with E-state index in [0.717, 1.165) is 12.8 Å². The molecule has 1 heterocycles. The zero-order valence-electron chi connectivity index (χ0n) is 16.2. The van der Waals surface area contributed by atoms with E-state index in [-0.39, 0.29) is 11.6 Å². The van der Waals surface area contributed by atoms with Crippen LogP contribution < -0.4 is 5.73 Å². The van der Waals surface area contributed by atoms with Crippen LogP contribution in [0.1, 0.15) is 115 Å². The number of aryl methyl sites for hydroxylation is 1. The highest BCUT2D eigenvalue weighted by atomic mass is 16.4. The number of oxazole rings is 1. The molecule has 0 aliphatic carbocycles. The maximum atomic E-state index is 8.78. The average Bonchev–Trinajstić information content (AvgIpc) is 2.98. The van der Waals surface area contributed by atoms with Gasteiger partial charge in [-0.2, -0.15) is 5.26 Å². The molecule has 4 heteroatoms. The summed E-state index contributed by atoms with van der Waals surface area (Å²) < 4.78 is 5.27. The number of anilines is 1. The van der Waals surface area contributed by atoms with Crippen LogP contribution in [0.4, 0.5) is 5.88 Å². The lowest BCUT2D eigenvalue weighted by Crippen LogP contribution is -1.87. The molecule has 4 nitrogen and oxygen atoms in total. The monoisotopic (exact) mass is 347 g/mol. The molecule has 1 rings (SSSR count). The minimum Gasteiger partial charge on any atom is -0.424 e. The van der Waals surface area contributed by atoms with Crippen LogP contribution in [-0.2, 0) is 6.42 Å². The second-order valence-electron chi connectivity index (χ2n) is 7.13. The van der Waals surface area contributed by atoms with Crippen LogP contribution in [0.15, 0.2) is 4.42 Å². The van der Waals surface area contributed by atoms with Gasteiger partial charge in [0.25, 0.3) is 0 Å². The Morgan fingerprint density at radius 3 is 1.64 bits per heavy atom. The Hall–Kier alpha value is -1.50. The molecule has 0 saturated carbocycles. The van der Waals surface area contributed by atoms with Gasteiger partial charge in [0.05, 0.1) is 0 Å². The molecular weight excluding hydrogens is 310 g/mol. The van der Waals surface area contributed by atoms with E-state index in [1.807, 2.05) is 6.07 Å². The summed E-state index contributed by atoms with van der Waals surface area (Å²) in [4.78, 5) is 4.08. The topological polar surface area (TPSA) is 75.8 Å². The third-order valence-electron chi connectivity index (χ3n) is 4.80. The fourth-order valence-electron chi connectivity index (χ4n) is 3.21. The van der Waals surface area contributed by atoms with Gasteiger partial charge in [-0.05, 0) is 6.42 Å². The standard InChI is InChI=1S/C21H37N3O/c1-2-3-4-5-6-7-8-9-10-11-12-13-14-15-16-17-20-24-19(18-22)21(23)25-20/h2-17,23H2,1H3. The number of nitriles is 1. The summed E-state index contributed by atoms with van der Waals surface area (Å²) in [7, 11) is 0. The summed E-state index contributed by atoms with van der Waals surface area (Å²) in [6.07, 6.45) is 21.1. The van der Waals surface area contributed by atoms with E-state index in [1.54, 1.807) is 0 Å². The number of aromatic nitrogens is 1. The summed E-state index contributed by atoms with van der Waals surface area (Å²) in [6, 6.07) is 1.94. The molecule has 0 atom stereocenters. The first-order valence-electron chi connectivity index (χ1n) is 10.4. The Labute approximate surface area is 154 Å². The van der Waals surface area contributed by atoms with Crippen LogP contribution in [0, 0.1) is 11.3 Å². The summed E-state index contributed by atoms with van der Waals surface area (Å²) in [5.41, 5.74) is 5.77. The Morgan fingerprint density at radius 2 is 1.24 bits per heavy atom. The van der Waals surface area contributed by atoms with Gasteiger partial charge in [-0.1, -0.05) is 96.8 Å². The van der Waals surface area contributed by atoms with Gasteiger partial charge >= 0.3 is 0 Å². The number of hydrogen-bond acceptors (Lipinski definition) is 4. The minimum absolute atomic E-state index is 0.151. The molecule has 0 aliphatic heterocycles. The molecule has 0 fully saturated rings. The minimum atomic E-state index is 0.151. The number of rotatable bonds is 16. The Kier molecular flexibility index (Phi) is 12.8. The van der Waals surface area contributed by atoms with Crippen molar-refractivity contribution in [1.29, 1.82) is 5.26 Å². The fourth-order valence-corrected chi connectivity index (χ4v) is 3.21. The Bertz CT molecular complexity index is 476. The predicted octanol–water partition coefficient (Wildman–Crippen LogP) is 6.54. The van der Waals surface area contributed by atoms with Crippen molar-refractivity contribution in [3.8, 4) is 6.07 Å². The van der Waals surface area contributed by atoms with Crippen molar-refractivity contribution >= 4 is 5.88 Å². The first-order valence-corrected chi connectivity index (χ1v) is 10.4. The highest BCUT2D eigenvalue weighted by molar-refractivity contribution is 5.40. The van der Waals surface area contributed by atoms with Crippen molar-refractivity contribution in [2.75, 3.05) is 5.73 Å². The van der Waals surface area contributed by atoms with E-state index in [1.165, 1.54) is 89.9 Å². The molecule has 0 amide bonds. The normalized spacial score (nSPS) is 10.9. The molecule has 142 valence electrons. The highest BCUT2D eigenvalue weighted by Crippen LogP contribution is 2.16. The predicted molar refractivity (Wildman–Crippen MR) is 104 cm³/mol. The summed E-state index contributed by atoms with van der Waals surface area (Å²) in [5, 5.41) is 8.78. The molecule has 0 aliphatic rings. The lowest BCUT2D eigenvalue weighted by molar-refractivity contribution is 0.487. The molecule has 0 spiro atoms. The summed E-state index contributed by atoms with van der Waals surface area (Å²) in [6.45, 7) is 2.28. The number of hydrogen-bond donors (Lipinski definition) is 1. The number of nitrogens with zero attached hydrogens (tertiary/aromatic N) is 2. The van der Waals surface area contributed by atoms with Crippen LogP contribution in [0.3, 0.4) is 0 Å². The molecule has 0 saturated heterocycles. The van der Waals surface area contributed by atoms with E-state index >= 15 is 0 Å². The van der Waals surface area contributed by atoms with E-state index in [9.17, 15) is 0 Å². The van der Waals surface area contributed by atoms with Gasteiger partial charge in [0, 0.05) is 6.42 Å². The van der Waals surface area contributed by atoms with Crippen LogP contribution in [0.5, 0.6) is 0 Å². The van der Waals surface area contributed by atoms with Crippen molar-refractivity contribution in [3.05, 3.63) is 11.6 Å². The SMILES string of the molecule is CCCCCCCCCCCCCCCCCc1nc(C#N)c(N)o1. The maximum Gasteiger partial charge on any atom is 0.229 e. The Morgan fingerprint density at radius 1 is 0.800 bits per heavy atom. The van der Waals surface area contributed by atoms with E-state index in [0.29, 0.717) is 5.89 Å². The quantitative estimate of drug-likeness (QED) is 0.344. The Balaban J connectivity index is 1.81. The molecule has 1 aromatic heterocycles. The number of nitrogen functional groups attached to an aromatic ring is 1. The van der Waals surface area contributed by atoms with Gasteiger partial charge in [0.15, 0.2) is 5.89 Å². The second-order valence-corrected chi connectivity index (χ2v) is 7.13.